The Hall–Kier alpha value is -3.13. The van der Waals surface area contributed by atoms with E-state index in [-0.39, 0.29) is 22.0 Å². The number of hydrogen-bond donors (Lipinski definition) is 2. The third-order valence-corrected chi connectivity index (χ3v) is 3.47. The molecule has 0 saturated heterocycles. The van der Waals surface area contributed by atoms with Gasteiger partial charge in [-0.25, -0.2) is 0 Å². The van der Waals surface area contributed by atoms with Crippen LogP contribution in [-0.4, -0.2) is 42.5 Å². The summed E-state index contributed by atoms with van der Waals surface area (Å²) in [7, 11) is 0. The molecule has 0 bridgehead atoms. The summed E-state index contributed by atoms with van der Waals surface area (Å²) in [5.41, 5.74) is 3.46. The number of carbonyl (C=O) groups is 2. The molecule has 0 atom stereocenters. The number of benzene rings is 1. The van der Waals surface area contributed by atoms with Crippen molar-refractivity contribution in [1.82, 2.24) is 14.9 Å². The van der Waals surface area contributed by atoms with Crippen LogP contribution in [0.4, 0.5) is 0 Å². The molecular weight excluding hydrogens is 457 g/mol. The molecule has 176 valence electrons. The van der Waals surface area contributed by atoms with Crippen LogP contribution in [0, 0.1) is 0 Å². The van der Waals surface area contributed by atoms with E-state index in [2.05, 4.69) is 51.3 Å². The Kier molecular flexibility index (Phi) is 18.1. The molecule has 0 saturated carbocycles. The summed E-state index contributed by atoms with van der Waals surface area (Å²) in [5, 5.41) is 14.8. The summed E-state index contributed by atoms with van der Waals surface area (Å²) in [4.78, 5) is 29.2. The van der Waals surface area contributed by atoms with Crippen molar-refractivity contribution in [1.29, 1.82) is 0 Å². The minimum Gasteiger partial charge on any atom is -0.481 e. The molecule has 0 spiro atoms. The Bertz CT molecular complexity index is 750. The first-order valence-electron chi connectivity index (χ1n) is 9.32. The van der Waals surface area contributed by atoms with Gasteiger partial charge in [-0.3, -0.25) is 24.5 Å². The van der Waals surface area contributed by atoms with Crippen LogP contribution < -0.4 is 0 Å². The van der Waals surface area contributed by atoms with Crippen molar-refractivity contribution >= 4 is 11.9 Å². The van der Waals surface area contributed by atoms with E-state index in [9.17, 15) is 0 Å². The fourth-order valence-corrected chi connectivity index (χ4v) is 2.45. The molecular formula is C23H29N3NiO5. The molecule has 0 aliphatic carbocycles. The second-order valence-corrected chi connectivity index (χ2v) is 6.31. The summed E-state index contributed by atoms with van der Waals surface area (Å²) in [6, 6.07) is 22.6. The number of pyridine rings is 2. The number of aromatic nitrogens is 2. The van der Waals surface area contributed by atoms with Crippen molar-refractivity contribution in [2.45, 2.75) is 33.5 Å². The van der Waals surface area contributed by atoms with E-state index in [1.807, 2.05) is 42.7 Å². The van der Waals surface area contributed by atoms with Gasteiger partial charge in [0.25, 0.3) is 11.9 Å². The summed E-state index contributed by atoms with van der Waals surface area (Å²) in [6.45, 7) is 4.67. The Labute approximate surface area is 198 Å². The first kappa shape index (κ1) is 31.1. The number of nitrogens with zero attached hydrogens (tertiary/aromatic N) is 3. The van der Waals surface area contributed by atoms with Crippen LogP contribution in [0.5, 0.6) is 0 Å². The van der Waals surface area contributed by atoms with Gasteiger partial charge in [0.1, 0.15) is 0 Å². The molecule has 4 N–H and O–H groups in total. The van der Waals surface area contributed by atoms with Crippen molar-refractivity contribution < 1.29 is 41.8 Å². The molecule has 0 fully saturated rings. The zero-order chi connectivity index (χ0) is 22.2. The van der Waals surface area contributed by atoms with Gasteiger partial charge in [-0.1, -0.05) is 42.5 Å². The number of aliphatic carboxylic acids is 2. The Morgan fingerprint density at radius 1 is 0.719 bits per heavy atom. The number of rotatable bonds is 6. The molecule has 3 rings (SSSR count). The van der Waals surface area contributed by atoms with Crippen molar-refractivity contribution in [2.75, 3.05) is 0 Å². The monoisotopic (exact) mass is 485 g/mol. The minimum absolute atomic E-state index is 0. The number of carboxylic acids is 2. The zero-order valence-corrected chi connectivity index (χ0v) is 19.0. The molecule has 0 radical (unpaired) electrons. The molecule has 3 aromatic rings. The SMILES string of the molecule is CC(=O)O.CC(=O)O.O.[Ni].c1ccc(CN(Cc2ccccn2)Cc2ccccn2)cc1. The quantitative estimate of drug-likeness (QED) is 0.512. The maximum absolute atomic E-state index is 9.00. The van der Waals surface area contributed by atoms with E-state index >= 15 is 0 Å². The normalized spacial score (nSPS) is 8.97. The topological polar surface area (TPSA) is 135 Å². The first-order valence-corrected chi connectivity index (χ1v) is 9.32. The molecule has 32 heavy (non-hydrogen) atoms. The van der Waals surface area contributed by atoms with Gasteiger partial charge in [-0.05, 0) is 29.8 Å². The predicted molar refractivity (Wildman–Crippen MR) is 118 cm³/mol. The molecule has 0 amide bonds. The molecule has 2 aromatic heterocycles. The van der Waals surface area contributed by atoms with Gasteiger partial charge in [0.05, 0.1) is 11.4 Å². The van der Waals surface area contributed by atoms with E-state index < -0.39 is 11.9 Å². The van der Waals surface area contributed by atoms with Crippen LogP contribution in [0.2, 0.25) is 0 Å². The molecule has 0 aliphatic heterocycles. The van der Waals surface area contributed by atoms with Crippen molar-refractivity contribution in [2.24, 2.45) is 0 Å². The largest absolute Gasteiger partial charge is 0.481 e. The fourth-order valence-electron chi connectivity index (χ4n) is 2.45. The van der Waals surface area contributed by atoms with Gasteiger partial charge in [0.15, 0.2) is 0 Å². The smallest absolute Gasteiger partial charge is 0.300 e. The molecule has 0 aliphatic rings. The van der Waals surface area contributed by atoms with E-state index in [0.717, 1.165) is 44.9 Å². The maximum atomic E-state index is 9.00. The third kappa shape index (κ3) is 16.6. The second kappa shape index (κ2) is 18.6. The Balaban J connectivity index is 0. The van der Waals surface area contributed by atoms with Crippen LogP contribution >= 0.6 is 0 Å². The average molecular weight is 486 g/mol. The van der Waals surface area contributed by atoms with Gasteiger partial charge in [0, 0.05) is 62.4 Å². The predicted octanol–water partition coefficient (Wildman–Crippen LogP) is 3.03. The third-order valence-electron chi connectivity index (χ3n) is 3.47. The summed E-state index contributed by atoms with van der Waals surface area (Å²) in [5.74, 6) is -1.67. The second-order valence-electron chi connectivity index (χ2n) is 6.31. The molecule has 0 unspecified atom stereocenters. The molecule has 1 aromatic carbocycles. The van der Waals surface area contributed by atoms with E-state index in [1.165, 1.54) is 5.56 Å². The van der Waals surface area contributed by atoms with E-state index in [0.29, 0.717) is 0 Å². The van der Waals surface area contributed by atoms with Crippen molar-refractivity contribution in [3.63, 3.8) is 0 Å². The summed E-state index contributed by atoms with van der Waals surface area (Å²) < 4.78 is 0. The van der Waals surface area contributed by atoms with E-state index in [1.54, 1.807) is 0 Å². The average Bonchev–Trinajstić information content (AvgIpc) is 2.69. The van der Waals surface area contributed by atoms with Gasteiger partial charge in [0.2, 0.25) is 0 Å². The number of hydrogen-bond acceptors (Lipinski definition) is 5. The van der Waals surface area contributed by atoms with Crippen LogP contribution in [0.1, 0.15) is 30.8 Å². The molecule has 2 heterocycles. The fraction of sp³-hybridized carbons (Fsp3) is 0.217. The van der Waals surface area contributed by atoms with Crippen LogP contribution in [-0.2, 0) is 45.7 Å². The van der Waals surface area contributed by atoms with Gasteiger partial charge < -0.3 is 15.7 Å². The summed E-state index contributed by atoms with van der Waals surface area (Å²) in [6.07, 6.45) is 3.69. The standard InChI is InChI=1S/C19H19N3.2C2H4O2.Ni.H2O/c1-2-8-17(9-3-1)14-22(15-18-10-4-6-12-20-18)16-19-11-5-7-13-21-19;2*1-2(3)4;;/h1-13H,14-16H2;2*1H3,(H,3,4);;1H2. The van der Waals surface area contributed by atoms with Crippen molar-refractivity contribution in [3.05, 3.63) is 96.1 Å². The maximum Gasteiger partial charge on any atom is 0.300 e. The first-order chi connectivity index (χ1) is 14.4. The van der Waals surface area contributed by atoms with Gasteiger partial charge in [-0.2, -0.15) is 0 Å². The Morgan fingerprint density at radius 3 is 1.44 bits per heavy atom. The van der Waals surface area contributed by atoms with Gasteiger partial charge >= 0.3 is 0 Å². The molecule has 9 heteroatoms. The zero-order valence-electron chi connectivity index (χ0n) is 18.0. The van der Waals surface area contributed by atoms with Crippen LogP contribution in [0.15, 0.2) is 79.1 Å². The number of carboxylic acid groups (broad SMARTS) is 2. The minimum atomic E-state index is -0.833. The molecule has 8 nitrogen and oxygen atoms in total. The van der Waals surface area contributed by atoms with E-state index in [4.69, 9.17) is 19.8 Å². The Morgan fingerprint density at radius 2 is 1.09 bits per heavy atom. The van der Waals surface area contributed by atoms with Crippen LogP contribution in [0.3, 0.4) is 0 Å². The van der Waals surface area contributed by atoms with Gasteiger partial charge in [-0.15, -0.1) is 0 Å². The van der Waals surface area contributed by atoms with Crippen LogP contribution in [0.25, 0.3) is 0 Å². The summed E-state index contributed by atoms with van der Waals surface area (Å²) >= 11 is 0. The van der Waals surface area contributed by atoms with Crippen molar-refractivity contribution in [3.8, 4) is 0 Å².